The zero-order valence-electron chi connectivity index (χ0n) is 14.7. The molecule has 1 aromatic heterocycles. The van der Waals surface area contributed by atoms with Crippen LogP contribution in [0.15, 0.2) is 35.2 Å². The summed E-state index contributed by atoms with van der Waals surface area (Å²) in [4.78, 5) is 15.8. The number of rotatable bonds is 7. The zero-order chi connectivity index (χ0) is 18.9. The maximum atomic E-state index is 13.0. The van der Waals surface area contributed by atoms with Gasteiger partial charge in [0.15, 0.2) is 0 Å². The third-order valence-corrected chi connectivity index (χ3v) is 7.03. The molecule has 0 unspecified atom stereocenters. The predicted molar refractivity (Wildman–Crippen MR) is 104 cm³/mol. The molecule has 1 saturated carbocycles. The largest absolute Gasteiger partial charge is 0.334 e. The molecule has 1 heterocycles. The molecule has 1 aromatic carbocycles. The highest BCUT2D eigenvalue weighted by Crippen LogP contribution is 2.25. The Balaban J connectivity index is 1.86. The van der Waals surface area contributed by atoms with E-state index >= 15 is 0 Å². The van der Waals surface area contributed by atoms with Crippen molar-refractivity contribution in [2.45, 2.75) is 44.2 Å². The van der Waals surface area contributed by atoms with Crippen molar-refractivity contribution < 1.29 is 13.2 Å². The fourth-order valence-corrected chi connectivity index (χ4v) is 5.04. The number of nitrogens with zero attached hydrogens (tertiary/aromatic N) is 1. The summed E-state index contributed by atoms with van der Waals surface area (Å²) in [6, 6.07) is 8.44. The number of benzene rings is 1. The molecule has 140 valence electrons. The van der Waals surface area contributed by atoms with Gasteiger partial charge >= 0.3 is 0 Å². The predicted octanol–water partition coefficient (Wildman–Crippen LogP) is 3.81. The van der Waals surface area contributed by atoms with E-state index in [0.717, 1.165) is 23.3 Å². The zero-order valence-corrected chi connectivity index (χ0v) is 17.0. The third-order valence-electron chi connectivity index (χ3n) is 4.29. The number of halogens is 1. The molecule has 3 rings (SSSR count). The fourth-order valence-electron chi connectivity index (χ4n) is 2.61. The molecule has 0 radical (unpaired) electrons. The lowest BCUT2D eigenvalue weighted by molar-refractivity contribution is 0.0753. The van der Waals surface area contributed by atoms with Gasteiger partial charge in [0.2, 0.25) is 10.0 Å². The Bertz CT molecular complexity index is 920. The second-order valence-corrected chi connectivity index (χ2v) is 9.91. The van der Waals surface area contributed by atoms with E-state index in [2.05, 4.69) is 4.72 Å². The van der Waals surface area contributed by atoms with Gasteiger partial charge in [-0.15, -0.1) is 11.3 Å². The number of sulfonamides is 1. The van der Waals surface area contributed by atoms with E-state index < -0.39 is 10.0 Å². The first-order valence-electron chi connectivity index (χ1n) is 8.46. The van der Waals surface area contributed by atoms with Gasteiger partial charge in [0.05, 0.1) is 15.8 Å². The smallest absolute Gasteiger partial charge is 0.254 e. The van der Waals surface area contributed by atoms with Crippen molar-refractivity contribution in [1.29, 1.82) is 0 Å². The van der Waals surface area contributed by atoms with Crippen LogP contribution in [0, 0.1) is 6.92 Å². The Morgan fingerprint density at radius 3 is 2.62 bits per heavy atom. The van der Waals surface area contributed by atoms with Crippen LogP contribution in [0.5, 0.6) is 0 Å². The standard InChI is InChI=1S/C18H21ClN2O3S2/c1-3-21(11-14-7-9-17(19)25-14)18(22)16-10-15(8-4-12(16)2)26(23,24)20-13-5-6-13/h4,7-10,13,20H,3,5-6,11H2,1-2H3. The van der Waals surface area contributed by atoms with Crippen LogP contribution in [0.25, 0.3) is 0 Å². The van der Waals surface area contributed by atoms with Crippen molar-refractivity contribution in [1.82, 2.24) is 9.62 Å². The van der Waals surface area contributed by atoms with Gasteiger partial charge in [-0.05, 0) is 56.5 Å². The molecule has 5 nitrogen and oxygen atoms in total. The molecule has 8 heteroatoms. The molecule has 1 N–H and O–H groups in total. The number of carbonyl (C=O) groups is 1. The summed E-state index contributed by atoms with van der Waals surface area (Å²) in [6.07, 6.45) is 1.73. The minimum absolute atomic E-state index is 0.0242. The van der Waals surface area contributed by atoms with E-state index in [0.29, 0.717) is 23.0 Å². The number of thiophene rings is 1. The Labute approximate surface area is 163 Å². The first-order valence-corrected chi connectivity index (χ1v) is 11.1. The van der Waals surface area contributed by atoms with Gasteiger partial charge in [-0.3, -0.25) is 4.79 Å². The van der Waals surface area contributed by atoms with Crippen molar-refractivity contribution in [3.05, 3.63) is 50.7 Å². The van der Waals surface area contributed by atoms with E-state index in [4.69, 9.17) is 11.6 Å². The highest BCUT2D eigenvalue weighted by atomic mass is 35.5. The van der Waals surface area contributed by atoms with Crippen LogP contribution in [0.3, 0.4) is 0 Å². The second kappa shape index (κ2) is 7.68. The average Bonchev–Trinajstić information content (AvgIpc) is 3.30. The molecular weight excluding hydrogens is 392 g/mol. The van der Waals surface area contributed by atoms with Crippen molar-refractivity contribution in [3.8, 4) is 0 Å². The first kappa shape index (κ1) is 19.4. The molecule has 1 fully saturated rings. The molecule has 0 atom stereocenters. The maximum Gasteiger partial charge on any atom is 0.254 e. The minimum atomic E-state index is -3.59. The molecular formula is C18H21ClN2O3S2. The Morgan fingerprint density at radius 2 is 2.04 bits per heavy atom. The summed E-state index contributed by atoms with van der Waals surface area (Å²) in [7, 11) is -3.59. The third kappa shape index (κ3) is 4.46. The number of carbonyl (C=O) groups excluding carboxylic acids is 1. The first-order chi connectivity index (χ1) is 12.3. The quantitative estimate of drug-likeness (QED) is 0.751. The summed E-state index contributed by atoms with van der Waals surface area (Å²) in [5.41, 5.74) is 1.16. The van der Waals surface area contributed by atoms with Gasteiger partial charge in [-0.2, -0.15) is 0 Å². The minimum Gasteiger partial charge on any atom is -0.334 e. The van der Waals surface area contributed by atoms with E-state index in [9.17, 15) is 13.2 Å². The lowest BCUT2D eigenvalue weighted by Gasteiger charge is -2.21. The SMILES string of the molecule is CCN(Cc1ccc(Cl)s1)C(=O)c1cc(S(=O)(=O)NC2CC2)ccc1C. The van der Waals surface area contributed by atoms with Crippen molar-refractivity contribution in [3.63, 3.8) is 0 Å². The molecule has 0 saturated heterocycles. The van der Waals surface area contributed by atoms with Crippen LogP contribution in [-0.2, 0) is 16.6 Å². The number of aryl methyl sites for hydroxylation is 1. The van der Waals surface area contributed by atoms with Gasteiger partial charge in [-0.1, -0.05) is 17.7 Å². The van der Waals surface area contributed by atoms with Crippen molar-refractivity contribution >= 4 is 38.9 Å². The molecule has 0 aliphatic heterocycles. The average molecular weight is 413 g/mol. The highest BCUT2D eigenvalue weighted by Gasteiger charge is 2.29. The Morgan fingerprint density at radius 1 is 1.31 bits per heavy atom. The Kier molecular flexibility index (Phi) is 5.72. The summed E-state index contributed by atoms with van der Waals surface area (Å²) in [5, 5.41) is 0. The summed E-state index contributed by atoms with van der Waals surface area (Å²) < 4.78 is 28.2. The van der Waals surface area contributed by atoms with E-state index in [-0.39, 0.29) is 16.8 Å². The number of hydrogen-bond donors (Lipinski definition) is 1. The van der Waals surface area contributed by atoms with Crippen LogP contribution in [-0.4, -0.2) is 31.8 Å². The van der Waals surface area contributed by atoms with Gasteiger partial charge in [0, 0.05) is 23.0 Å². The van der Waals surface area contributed by atoms with Gasteiger partial charge in [0.25, 0.3) is 5.91 Å². The van der Waals surface area contributed by atoms with E-state index in [1.54, 1.807) is 17.0 Å². The van der Waals surface area contributed by atoms with Gasteiger partial charge in [-0.25, -0.2) is 13.1 Å². The number of nitrogens with one attached hydrogen (secondary N) is 1. The lowest BCUT2D eigenvalue weighted by atomic mass is 10.1. The molecule has 26 heavy (non-hydrogen) atoms. The Hall–Kier alpha value is -1.41. The van der Waals surface area contributed by atoms with Crippen LogP contribution < -0.4 is 4.72 Å². The van der Waals surface area contributed by atoms with Crippen LogP contribution in [0.1, 0.15) is 40.6 Å². The summed E-state index contributed by atoms with van der Waals surface area (Å²) >= 11 is 7.40. The molecule has 2 aromatic rings. The summed E-state index contributed by atoms with van der Waals surface area (Å²) in [6.45, 7) is 4.68. The number of amides is 1. The van der Waals surface area contributed by atoms with Gasteiger partial charge < -0.3 is 4.90 Å². The molecule has 0 bridgehead atoms. The molecule has 1 aliphatic carbocycles. The summed E-state index contributed by atoms with van der Waals surface area (Å²) in [5.74, 6) is -0.182. The van der Waals surface area contributed by atoms with Crippen molar-refractivity contribution in [2.24, 2.45) is 0 Å². The maximum absolute atomic E-state index is 13.0. The van der Waals surface area contributed by atoms with Crippen LogP contribution in [0.4, 0.5) is 0 Å². The monoisotopic (exact) mass is 412 g/mol. The molecule has 1 aliphatic rings. The fraction of sp³-hybridized carbons (Fsp3) is 0.389. The van der Waals surface area contributed by atoms with E-state index in [1.807, 2.05) is 26.0 Å². The van der Waals surface area contributed by atoms with Crippen LogP contribution in [0.2, 0.25) is 4.34 Å². The normalized spacial score (nSPS) is 14.4. The lowest BCUT2D eigenvalue weighted by Crippen LogP contribution is -2.31. The van der Waals surface area contributed by atoms with Gasteiger partial charge in [0.1, 0.15) is 0 Å². The highest BCUT2D eigenvalue weighted by molar-refractivity contribution is 7.89. The second-order valence-electron chi connectivity index (χ2n) is 6.40. The van der Waals surface area contributed by atoms with E-state index in [1.165, 1.54) is 17.4 Å². The van der Waals surface area contributed by atoms with Crippen LogP contribution >= 0.6 is 22.9 Å². The molecule has 0 spiro atoms. The molecule has 1 amide bonds. The topological polar surface area (TPSA) is 66.5 Å². The number of hydrogen-bond acceptors (Lipinski definition) is 4. The van der Waals surface area contributed by atoms with Crippen molar-refractivity contribution in [2.75, 3.05) is 6.54 Å².